The highest BCUT2D eigenvalue weighted by atomic mass is 32.2. The van der Waals surface area contributed by atoms with Crippen molar-refractivity contribution in [2.24, 2.45) is 0 Å². The van der Waals surface area contributed by atoms with Gasteiger partial charge in [-0.1, -0.05) is 6.42 Å². The minimum absolute atomic E-state index is 0.212. The Bertz CT molecular complexity index is 308. The number of aliphatic hydroxyl groups is 1. The third-order valence-corrected chi connectivity index (χ3v) is 4.89. The van der Waals surface area contributed by atoms with Crippen LogP contribution in [0.15, 0.2) is 0 Å². The molecule has 0 aromatic carbocycles. The third kappa shape index (κ3) is 3.16. The molecule has 1 rings (SSSR count). The van der Waals surface area contributed by atoms with Crippen LogP contribution in [0.25, 0.3) is 0 Å². The molecule has 16 heavy (non-hydrogen) atoms. The Morgan fingerprint density at radius 1 is 1.38 bits per heavy atom. The van der Waals surface area contributed by atoms with E-state index in [1.165, 1.54) is 6.92 Å². The van der Waals surface area contributed by atoms with Gasteiger partial charge < -0.3 is 5.11 Å². The lowest BCUT2D eigenvalue weighted by Crippen LogP contribution is -2.55. The molecule has 3 atom stereocenters. The van der Waals surface area contributed by atoms with Gasteiger partial charge in [-0.15, -0.1) is 4.83 Å². The van der Waals surface area contributed by atoms with E-state index in [1.807, 2.05) is 13.8 Å². The maximum atomic E-state index is 11.8. The van der Waals surface area contributed by atoms with E-state index in [1.54, 1.807) is 5.01 Å². The van der Waals surface area contributed by atoms with Gasteiger partial charge in [0.25, 0.3) is 0 Å². The molecule has 0 saturated carbocycles. The summed E-state index contributed by atoms with van der Waals surface area (Å²) in [4.78, 5) is 2.59. The van der Waals surface area contributed by atoms with Crippen LogP contribution < -0.4 is 4.83 Å². The van der Waals surface area contributed by atoms with E-state index in [-0.39, 0.29) is 18.7 Å². The highest BCUT2D eigenvalue weighted by Gasteiger charge is 2.30. The van der Waals surface area contributed by atoms with Gasteiger partial charge in [0.15, 0.2) is 0 Å². The molecule has 0 amide bonds. The molecule has 1 fully saturated rings. The molecule has 1 heterocycles. The molecular formula is C10H22N2O3S. The van der Waals surface area contributed by atoms with E-state index < -0.39 is 15.3 Å². The molecule has 0 radical (unpaired) electrons. The predicted octanol–water partition coefficient (Wildman–Crippen LogP) is 0.465. The standard InChI is InChI=1S/C10H22N2O3S/c1-8-5-4-6-9(2)12(8)11-16(14,15)10(3)7-13/h8-11,13H,4-7H2,1-3H3. The first-order chi connectivity index (χ1) is 7.38. The fourth-order valence-corrected chi connectivity index (χ4v) is 2.97. The van der Waals surface area contributed by atoms with E-state index in [0.717, 1.165) is 19.3 Å². The van der Waals surface area contributed by atoms with Crippen molar-refractivity contribution in [1.29, 1.82) is 0 Å². The minimum Gasteiger partial charge on any atom is -0.395 e. The van der Waals surface area contributed by atoms with Crippen LogP contribution >= 0.6 is 0 Å². The molecule has 0 spiro atoms. The van der Waals surface area contributed by atoms with Crippen LogP contribution in [0.4, 0.5) is 0 Å². The summed E-state index contributed by atoms with van der Waals surface area (Å²) >= 11 is 0. The lowest BCUT2D eigenvalue weighted by molar-refractivity contribution is 0.0782. The van der Waals surface area contributed by atoms with Crippen molar-refractivity contribution in [2.45, 2.75) is 57.4 Å². The number of nitrogens with one attached hydrogen (secondary N) is 1. The molecule has 1 aliphatic rings. The summed E-state index contributed by atoms with van der Waals surface area (Å²) in [5.74, 6) is 0. The van der Waals surface area contributed by atoms with E-state index in [9.17, 15) is 8.42 Å². The maximum absolute atomic E-state index is 11.8. The molecule has 0 aliphatic carbocycles. The fraction of sp³-hybridized carbons (Fsp3) is 1.00. The largest absolute Gasteiger partial charge is 0.395 e. The van der Waals surface area contributed by atoms with Crippen LogP contribution in [0, 0.1) is 0 Å². The van der Waals surface area contributed by atoms with Gasteiger partial charge in [0.1, 0.15) is 0 Å². The van der Waals surface area contributed by atoms with Crippen molar-refractivity contribution >= 4 is 10.0 Å². The zero-order valence-electron chi connectivity index (χ0n) is 10.2. The molecule has 5 nitrogen and oxygen atoms in total. The Hall–Kier alpha value is -0.170. The van der Waals surface area contributed by atoms with E-state index in [2.05, 4.69) is 4.83 Å². The topological polar surface area (TPSA) is 69.6 Å². The Kier molecular flexibility index (Phi) is 4.73. The molecule has 6 heteroatoms. The van der Waals surface area contributed by atoms with Crippen molar-refractivity contribution < 1.29 is 13.5 Å². The summed E-state index contributed by atoms with van der Waals surface area (Å²) in [6, 6.07) is 0.425. The zero-order chi connectivity index (χ0) is 12.3. The van der Waals surface area contributed by atoms with E-state index in [4.69, 9.17) is 5.11 Å². The summed E-state index contributed by atoms with van der Waals surface area (Å²) in [5.41, 5.74) is 0. The van der Waals surface area contributed by atoms with Crippen LogP contribution in [-0.4, -0.2) is 42.5 Å². The molecule has 2 N–H and O–H groups in total. The predicted molar refractivity (Wildman–Crippen MR) is 63.2 cm³/mol. The molecule has 1 saturated heterocycles. The fourth-order valence-electron chi connectivity index (χ4n) is 1.94. The van der Waals surface area contributed by atoms with Gasteiger partial charge in [0.05, 0.1) is 11.9 Å². The second-order valence-electron chi connectivity index (χ2n) is 4.67. The second-order valence-corrected chi connectivity index (χ2v) is 6.74. The quantitative estimate of drug-likeness (QED) is 0.761. The number of sulfonamides is 1. The molecule has 0 bridgehead atoms. The van der Waals surface area contributed by atoms with Crippen LogP contribution in [0.3, 0.4) is 0 Å². The lowest BCUT2D eigenvalue weighted by Gasteiger charge is -2.38. The average Bonchev–Trinajstić information content (AvgIpc) is 2.22. The van der Waals surface area contributed by atoms with Crippen molar-refractivity contribution in [3.8, 4) is 0 Å². The normalized spacial score (nSPS) is 30.2. The highest BCUT2D eigenvalue weighted by Crippen LogP contribution is 2.21. The number of piperidine rings is 1. The number of rotatable bonds is 4. The molecule has 0 aromatic rings. The van der Waals surface area contributed by atoms with Crippen LogP contribution in [0.2, 0.25) is 0 Å². The maximum Gasteiger partial charge on any atom is 0.229 e. The van der Waals surface area contributed by atoms with Crippen LogP contribution in [-0.2, 0) is 10.0 Å². The first-order valence-corrected chi connectivity index (χ1v) is 7.33. The highest BCUT2D eigenvalue weighted by molar-refractivity contribution is 7.90. The SMILES string of the molecule is CC1CCCC(C)N1NS(=O)(=O)C(C)CO. The molecule has 96 valence electrons. The third-order valence-electron chi connectivity index (χ3n) is 3.21. The van der Waals surface area contributed by atoms with Gasteiger partial charge >= 0.3 is 0 Å². The Morgan fingerprint density at radius 2 is 1.88 bits per heavy atom. The molecule has 1 aliphatic heterocycles. The Morgan fingerprint density at radius 3 is 2.31 bits per heavy atom. The number of hydrazine groups is 1. The Balaban J connectivity index is 2.71. The van der Waals surface area contributed by atoms with Gasteiger partial charge in [-0.05, 0) is 33.6 Å². The summed E-state index contributed by atoms with van der Waals surface area (Å²) < 4.78 is 23.6. The van der Waals surface area contributed by atoms with Gasteiger partial charge in [-0.2, -0.15) is 0 Å². The first kappa shape index (κ1) is 13.9. The average molecular weight is 250 g/mol. The van der Waals surface area contributed by atoms with Gasteiger partial charge in [-0.3, -0.25) is 0 Å². The molecule has 3 unspecified atom stereocenters. The van der Waals surface area contributed by atoms with E-state index >= 15 is 0 Å². The number of hydrogen-bond donors (Lipinski definition) is 2. The number of hydrogen-bond acceptors (Lipinski definition) is 4. The van der Waals surface area contributed by atoms with Crippen molar-refractivity contribution in [1.82, 2.24) is 9.84 Å². The summed E-state index contributed by atoms with van der Waals surface area (Å²) in [6.07, 6.45) is 3.14. The zero-order valence-corrected chi connectivity index (χ0v) is 11.0. The van der Waals surface area contributed by atoms with E-state index in [0.29, 0.717) is 0 Å². The van der Waals surface area contributed by atoms with Gasteiger partial charge in [-0.25, -0.2) is 13.4 Å². The van der Waals surface area contributed by atoms with Crippen molar-refractivity contribution in [2.75, 3.05) is 6.61 Å². The minimum atomic E-state index is -3.45. The smallest absolute Gasteiger partial charge is 0.229 e. The summed E-state index contributed by atoms with van der Waals surface area (Å²) in [5, 5.41) is 9.92. The monoisotopic (exact) mass is 250 g/mol. The second kappa shape index (κ2) is 5.44. The number of aliphatic hydroxyl groups excluding tert-OH is 1. The van der Waals surface area contributed by atoms with Crippen LogP contribution in [0.1, 0.15) is 40.0 Å². The summed E-state index contributed by atoms with van der Waals surface area (Å²) in [7, 11) is -3.45. The molecule has 0 aromatic heterocycles. The van der Waals surface area contributed by atoms with Crippen LogP contribution in [0.5, 0.6) is 0 Å². The lowest BCUT2D eigenvalue weighted by atomic mass is 10.0. The van der Waals surface area contributed by atoms with Crippen molar-refractivity contribution in [3.63, 3.8) is 0 Å². The summed E-state index contributed by atoms with van der Waals surface area (Å²) in [6.45, 7) is 5.18. The molecular weight excluding hydrogens is 228 g/mol. The number of nitrogens with zero attached hydrogens (tertiary/aromatic N) is 1. The Labute approximate surface area is 97.9 Å². The van der Waals surface area contributed by atoms with Gasteiger partial charge in [0, 0.05) is 12.1 Å². The van der Waals surface area contributed by atoms with Gasteiger partial charge in [0.2, 0.25) is 10.0 Å². The van der Waals surface area contributed by atoms with Crippen molar-refractivity contribution in [3.05, 3.63) is 0 Å². The first-order valence-electron chi connectivity index (χ1n) is 5.79.